The van der Waals surface area contributed by atoms with Crippen molar-refractivity contribution in [3.05, 3.63) is 51.5 Å². The number of thiazole rings is 1. The van der Waals surface area contributed by atoms with Crippen LogP contribution in [0.1, 0.15) is 33.9 Å². The quantitative estimate of drug-likeness (QED) is 0.920. The first-order valence-electron chi connectivity index (χ1n) is 6.98. The Bertz CT molecular complexity index is 700. The first kappa shape index (κ1) is 15.1. The third-order valence-corrected chi connectivity index (χ3v) is 4.42. The topological polar surface area (TPSA) is 59.2 Å². The smallest absolute Gasteiger partial charge is 0.273 e. The molecule has 0 aliphatic heterocycles. The molecule has 2 aromatic rings. The fourth-order valence-corrected chi connectivity index (χ4v) is 2.88. The average Bonchev–Trinajstić information content (AvgIpc) is 3.22. The Balaban J connectivity index is 1.82. The van der Waals surface area contributed by atoms with Crippen molar-refractivity contribution in [1.82, 2.24) is 9.88 Å². The molecular formula is C15H15F2N3OS. The van der Waals surface area contributed by atoms with Gasteiger partial charge in [-0.15, -0.1) is 11.3 Å². The van der Waals surface area contributed by atoms with Crippen LogP contribution in [0.2, 0.25) is 0 Å². The summed E-state index contributed by atoms with van der Waals surface area (Å²) < 4.78 is 26.8. The van der Waals surface area contributed by atoms with Gasteiger partial charge in [0.1, 0.15) is 22.3 Å². The second-order valence-electron chi connectivity index (χ2n) is 5.23. The summed E-state index contributed by atoms with van der Waals surface area (Å²) in [6, 6.07) is 3.50. The van der Waals surface area contributed by atoms with E-state index in [0.717, 1.165) is 18.9 Å². The summed E-state index contributed by atoms with van der Waals surface area (Å²) in [5.74, 6) is -1.50. The first-order chi connectivity index (χ1) is 10.6. The molecule has 3 rings (SSSR count). The Kier molecular flexibility index (Phi) is 4.17. The molecule has 1 heterocycles. The molecule has 0 saturated heterocycles. The van der Waals surface area contributed by atoms with E-state index in [1.165, 1.54) is 23.5 Å². The van der Waals surface area contributed by atoms with Gasteiger partial charge in [0.15, 0.2) is 0 Å². The number of rotatable bonds is 5. The predicted molar refractivity (Wildman–Crippen MR) is 79.3 cm³/mol. The van der Waals surface area contributed by atoms with Crippen molar-refractivity contribution in [1.29, 1.82) is 0 Å². The molecule has 2 N–H and O–H groups in total. The van der Waals surface area contributed by atoms with Crippen LogP contribution in [0.4, 0.5) is 8.78 Å². The molecule has 7 heteroatoms. The van der Waals surface area contributed by atoms with Crippen molar-refractivity contribution in [2.75, 3.05) is 0 Å². The van der Waals surface area contributed by atoms with E-state index in [9.17, 15) is 13.6 Å². The molecule has 1 fully saturated rings. The Morgan fingerprint density at radius 1 is 1.41 bits per heavy atom. The molecule has 0 spiro atoms. The first-order valence-corrected chi connectivity index (χ1v) is 7.86. The Morgan fingerprint density at radius 2 is 2.18 bits per heavy atom. The van der Waals surface area contributed by atoms with Crippen LogP contribution in [0, 0.1) is 11.6 Å². The van der Waals surface area contributed by atoms with Crippen molar-refractivity contribution in [2.24, 2.45) is 5.73 Å². The minimum atomic E-state index is -0.639. The standard InChI is InChI=1S/C15H15F2N3OS/c16-10-2-1-9(12(17)5-10)7-20(11-3-4-11)15(21)13-8-22-14(6-18)19-13/h1-2,5,8,11H,3-4,6-7,18H2. The van der Waals surface area contributed by atoms with E-state index in [1.807, 2.05) is 0 Å². The maximum absolute atomic E-state index is 13.8. The summed E-state index contributed by atoms with van der Waals surface area (Å²) in [6.45, 7) is 0.402. The number of benzene rings is 1. The molecule has 0 bridgehead atoms. The fraction of sp³-hybridized carbons (Fsp3) is 0.333. The van der Waals surface area contributed by atoms with E-state index in [4.69, 9.17) is 5.73 Å². The molecular weight excluding hydrogens is 308 g/mol. The van der Waals surface area contributed by atoms with Crippen LogP contribution in [0.3, 0.4) is 0 Å². The summed E-state index contributed by atoms with van der Waals surface area (Å²) in [4.78, 5) is 18.4. The highest BCUT2D eigenvalue weighted by molar-refractivity contribution is 7.09. The third-order valence-electron chi connectivity index (χ3n) is 3.55. The van der Waals surface area contributed by atoms with Gasteiger partial charge in [0.25, 0.3) is 5.91 Å². The van der Waals surface area contributed by atoms with E-state index in [-0.39, 0.29) is 25.0 Å². The highest BCUT2D eigenvalue weighted by Crippen LogP contribution is 2.30. The van der Waals surface area contributed by atoms with Gasteiger partial charge in [-0.1, -0.05) is 6.07 Å². The van der Waals surface area contributed by atoms with Crippen molar-refractivity contribution in [3.8, 4) is 0 Å². The predicted octanol–water partition coefficient (Wildman–Crippen LogP) is 2.68. The molecule has 116 valence electrons. The van der Waals surface area contributed by atoms with E-state index in [0.29, 0.717) is 16.3 Å². The molecule has 22 heavy (non-hydrogen) atoms. The van der Waals surface area contributed by atoms with Gasteiger partial charge >= 0.3 is 0 Å². The Labute approximate surface area is 130 Å². The average molecular weight is 323 g/mol. The van der Waals surface area contributed by atoms with Crippen LogP contribution >= 0.6 is 11.3 Å². The van der Waals surface area contributed by atoms with Gasteiger partial charge in [-0.3, -0.25) is 4.79 Å². The normalized spacial score (nSPS) is 14.1. The zero-order valence-electron chi connectivity index (χ0n) is 11.8. The number of carbonyl (C=O) groups excluding carboxylic acids is 1. The lowest BCUT2D eigenvalue weighted by atomic mass is 10.2. The van der Waals surface area contributed by atoms with Crippen LogP contribution < -0.4 is 5.73 Å². The van der Waals surface area contributed by atoms with E-state index < -0.39 is 11.6 Å². The van der Waals surface area contributed by atoms with Gasteiger partial charge in [0, 0.05) is 36.1 Å². The number of aromatic nitrogens is 1. The SMILES string of the molecule is NCc1nc(C(=O)N(Cc2ccc(F)cc2F)C2CC2)cs1. The number of halogens is 2. The lowest BCUT2D eigenvalue weighted by molar-refractivity contribution is 0.0723. The molecule has 0 unspecified atom stereocenters. The molecule has 1 aliphatic rings. The molecule has 4 nitrogen and oxygen atoms in total. The highest BCUT2D eigenvalue weighted by Gasteiger charge is 2.34. The molecule has 1 amide bonds. The van der Waals surface area contributed by atoms with Gasteiger partial charge in [-0.25, -0.2) is 13.8 Å². The summed E-state index contributed by atoms with van der Waals surface area (Å²) in [6.07, 6.45) is 1.78. The largest absolute Gasteiger partial charge is 0.330 e. The number of nitrogens with two attached hydrogens (primary N) is 1. The summed E-state index contributed by atoms with van der Waals surface area (Å²) in [5, 5.41) is 2.35. The van der Waals surface area contributed by atoms with Gasteiger partial charge in [0.2, 0.25) is 0 Å². The van der Waals surface area contributed by atoms with Gasteiger partial charge < -0.3 is 10.6 Å². The molecule has 1 saturated carbocycles. The van der Waals surface area contributed by atoms with Crippen LogP contribution in [0.25, 0.3) is 0 Å². The van der Waals surface area contributed by atoms with Crippen LogP contribution in [-0.4, -0.2) is 21.8 Å². The second kappa shape index (κ2) is 6.10. The number of amides is 1. The minimum Gasteiger partial charge on any atom is -0.330 e. The molecule has 1 aromatic heterocycles. The lowest BCUT2D eigenvalue weighted by Gasteiger charge is -2.22. The minimum absolute atomic E-state index is 0.0972. The highest BCUT2D eigenvalue weighted by atomic mass is 32.1. The van der Waals surface area contributed by atoms with Gasteiger partial charge in [-0.2, -0.15) is 0 Å². The van der Waals surface area contributed by atoms with Crippen molar-refractivity contribution >= 4 is 17.2 Å². The Morgan fingerprint density at radius 3 is 2.77 bits per heavy atom. The van der Waals surface area contributed by atoms with E-state index in [2.05, 4.69) is 4.98 Å². The monoisotopic (exact) mass is 323 g/mol. The summed E-state index contributed by atoms with van der Waals surface area (Å²) >= 11 is 1.33. The Hall–Kier alpha value is -1.86. The second-order valence-corrected chi connectivity index (χ2v) is 6.17. The molecule has 0 atom stereocenters. The molecule has 1 aliphatic carbocycles. The van der Waals surface area contributed by atoms with Crippen LogP contribution in [0.5, 0.6) is 0 Å². The molecule has 0 radical (unpaired) electrons. The van der Waals surface area contributed by atoms with E-state index in [1.54, 1.807) is 10.3 Å². The number of hydrogen-bond acceptors (Lipinski definition) is 4. The maximum atomic E-state index is 13.8. The lowest BCUT2D eigenvalue weighted by Crippen LogP contribution is -2.33. The van der Waals surface area contributed by atoms with Gasteiger partial charge in [0.05, 0.1) is 0 Å². The fourth-order valence-electron chi connectivity index (χ4n) is 2.24. The van der Waals surface area contributed by atoms with Crippen molar-refractivity contribution in [2.45, 2.75) is 32.0 Å². The van der Waals surface area contributed by atoms with Gasteiger partial charge in [-0.05, 0) is 18.9 Å². The van der Waals surface area contributed by atoms with E-state index >= 15 is 0 Å². The van der Waals surface area contributed by atoms with Crippen LogP contribution in [-0.2, 0) is 13.1 Å². The zero-order valence-corrected chi connectivity index (χ0v) is 12.6. The van der Waals surface area contributed by atoms with Crippen molar-refractivity contribution in [3.63, 3.8) is 0 Å². The number of nitrogens with zero attached hydrogens (tertiary/aromatic N) is 2. The maximum Gasteiger partial charge on any atom is 0.273 e. The summed E-state index contributed by atoms with van der Waals surface area (Å²) in [5.41, 5.74) is 6.14. The van der Waals surface area contributed by atoms with Crippen LogP contribution in [0.15, 0.2) is 23.6 Å². The number of hydrogen-bond donors (Lipinski definition) is 1. The summed E-state index contributed by atoms with van der Waals surface area (Å²) in [7, 11) is 0. The third kappa shape index (κ3) is 3.15. The number of carbonyl (C=O) groups is 1. The van der Waals surface area contributed by atoms with Crippen molar-refractivity contribution < 1.29 is 13.6 Å². The molecule has 1 aromatic carbocycles. The zero-order chi connectivity index (χ0) is 15.7.